The lowest BCUT2D eigenvalue weighted by Crippen LogP contribution is -2.04. The molecule has 80 valence electrons. The number of benzene rings is 1. The molecule has 0 bridgehead atoms. The second kappa shape index (κ2) is 3.62. The first-order chi connectivity index (χ1) is 6.88. The van der Waals surface area contributed by atoms with E-state index in [4.69, 9.17) is 0 Å². The molecule has 7 heteroatoms. The van der Waals surface area contributed by atoms with Crippen LogP contribution in [0.25, 0.3) is 11.1 Å². The van der Waals surface area contributed by atoms with E-state index in [-0.39, 0.29) is 11.1 Å². The Morgan fingerprint density at radius 1 is 1.33 bits per heavy atom. The standard InChI is InChI=1S/C8H2BrF3INO/c9-3-1-4(13)6-5(2-3)14-7(15-6)8(10,11)12/h1-2H. The average Bonchev–Trinajstić information content (AvgIpc) is 2.46. The molecule has 1 heterocycles. The highest BCUT2D eigenvalue weighted by molar-refractivity contribution is 14.1. The summed E-state index contributed by atoms with van der Waals surface area (Å²) >= 11 is 5.07. The van der Waals surface area contributed by atoms with Crippen LogP contribution in [0.2, 0.25) is 0 Å². The molecule has 0 aliphatic rings. The van der Waals surface area contributed by atoms with Gasteiger partial charge in [0.2, 0.25) is 0 Å². The fourth-order valence-electron chi connectivity index (χ4n) is 1.08. The molecule has 1 aromatic carbocycles. The van der Waals surface area contributed by atoms with Gasteiger partial charge in [-0.2, -0.15) is 13.2 Å². The Hall–Kier alpha value is -0.310. The second-order valence-electron chi connectivity index (χ2n) is 2.75. The van der Waals surface area contributed by atoms with Gasteiger partial charge in [-0.25, -0.2) is 4.98 Å². The first-order valence-electron chi connectivity index (χ1n) is 3.71. The van der Waals surface area contributed by atoms with E-state index in [1.54, 1.807) is 6.07 Å². The fraction of sp³-hybridized carbons (Fsp3) is 0.125. The van der Waals surface area contributed by atoms with E-state index in [1.807, 2.05) is 22.6 Å². The summed E-state index contributed by atoms with van der Waals surface area (Å²) in [7, 11) is 0. The van der Waals surface area contributed by atoms with E-state index in [9.17, 15) is 13.2 Å². The summed E-state index contributed by atoms with van der Waals surface area (Å²) in [6.07, 6.45) is -4.55. The summed E-state index contributed by atoms with van der Waals surface area (Å²) in [5, 5.41) is 0. The minimum Gasteiger partial charge on any atom is -0.432 e. The predicted octanol–water partition coefficient (Wildman–Crippen LogP) is 4.21. The molecule has 2 nitrogen and oxygen atoms in total. The van der Waals surface area contributed by atoms with Crippen LogP contribution >= 0.6 is 38.5 Å². The highest BCUT2D eigenvalue weighted by Gasteiger charge is 2.37. The minimum atomic E-state index is -4.55. The smallest absolute Gasteiger partial charge is 0.432 e. The van der Waals surface area contributed by atoms with Gasteiger partial charge in [-0.05, 0) is 34.7 Å². The molecule has 0 aliphatic carbocycles. The molecule has 0 amide bonds. The average molecular weight is 392 g/mol. The number of rotatable bonds is 0. The van der Waals surface area contributed by atoms with Crippen LogP contribution in [0.3, 0.4) is 0 Å². The number of halogens is 5. The van der Waals surface area contributed by atoms with Crippen molar-refractivity contribution in [2.24, 2.45) is 0 Å². The first-order valence-corrected chi connectivity index (χ1v) is 5.58. The normalized spacial score (nSPS) is 12.3. The zero-order valence-electron chi connectivity index (χ0n) is 6.90. The second-order valence-corrected chi connectivity index (χ2v) is 4.83. The van der Waals surface area contributed by atoms with Gasteiger partial charge >= 0.3 is 12.1 Å². The third-order valence-corrected chi connectivity index (χ3v) is 2.91. The Labute approximate surface area is 104 Å². The Morgan fingerprint density at radius 3 is 2.60 bits per heavy atom. The number of nitrogens with zero attached hydrogens (tertiary/aromatic N) is 1. The van der Waals surface area contributed by atoms with Gasteiger partial charge in [-0.3, -0.25) is 0 Å². The summed E-state index contributed by atoms with van der Waals surface area (Å²) in [5.41, 5.74) is 0.354. The van der Waals surface area contributed by atoms with Gasteiger partial charge in [0.25, 0.3) is 0 Å². The summed E-state index contributed by atoms with van der Waals surface area (Å²) in [5.74, 6) is -1.21. The Bertz CT molecular complexity index is 522. The van der Waals surface area contributed by atoms with Crippen LogP contribution < -0.4 is 0 Å². The lowest BCUT2D eigenvalue weighted by atomic mass is 10.3. The van der Waals surface area contributed by atoms with Crippen molar-refractivity contribution < 1.29 is 17.6 Å². The van der Waals surface area contributed by atoms with Crippen LogP contribution in [-0.2, 0) is 6.18 Å². The topological polar surface area (TPSA) is 26.0 Å². The summed E-state index contributed by atoms with van der Waals surface area (Å²) in [4.78, 5) is 3.38. The molecular weight excluding hydrogens is 390 g/mol. The van der Waals surface area contributed by atoms with Gasteiger partial charge in [0.05, 0.1) is 3.57 Å². The van der Waals surface area contributed by atoms with E-state index in [0.29, 0.717) is 8.04 Å². The highest BCUT2D eigenvalue weighted by Crippen LogP contribution is 2.33. The van der Waals surface area contributed by atoms with E-state index in [2.05, 4.69) is 25.3 Å². The summed E-state index contributed by atoms with van der Waals surface area (Å²) in [6, 6.07) is 3.14. The molecule has 0 fully saturated rings. The number of oxazole rings is 1. The van der Waals surface area contributed by atoms with Gasteiger partial charge in [-0.1, -0.05) is 15.9 Å². The SMILES string of the molecule is FC(F)(F)c1nc2cc(Br)cc(I)c2o1. The zero-order chi connectivity index (χ0) is 11.2. The van der Waals surface area contributed by atoms with Crippen molar-refractivity contribution in [3.8, 4) is 0 Å². The molecule has 0 radical (unpaired) electrons. The van der Waals surface area contributed by atoms with Gasteiger partial charge in [0.1, 0.15) is 5.52 Å². The van der Waals surface area contributed by atoms with Crippen molar-refractivity contribution >= 4 is 49.6 Å². The first kappa shape index (κ1) is 11.2. The van der Waals surface area contributed by atoms with Crippen LogP contribution in [0.15, 0.2) is 21.0 Å². The molecule has 0 unspecified atom stereocenters. The van der Waals surface area contributed by atoms with E-state index in [1.165, 1.54) is 6.07 Å². The van der Waals surface area contributed by atoms with Crippen LogP contribution in [0.4, 0.5) is 13.2 Å². The molecule has 0 saturated carbocycles. The zero-order valence-corrected chi connectivity index (χ0v) is 10.6. The number of fused-ring (bicyclic) bond motifs is 1. The summed E-state index contributed by atoms with van der Waals surface area (Å²) < 4.78 is 42.8. The molecule has 0 N–H and O–H groups in total. The van der Waals surface area contributed by atoms with Crippen LogP contribution in [0.1, 0.15) is 5.89 Å². The van der Waals surface area contributed by atoms with Gasteiger partial charge in [0.15, 0.2) is 5.58 Å². The van der Waals surface area contributed by atoms with E-state index >= 15 is 0 Å². The van der Waals surface area contributed by atoms with Crippen LogP contribution in [0.5, 0.6) is 0 Å². The molecule has 15 heavy (non-hydrogen) atoms. The third-order valence-electron chi connectivity index (χ3n) is 1.65. The minimum absolute atomic E-state index is 0.158. The molecule has 1 aromatic heterocycles. The molecule has 0 spiro atoms. The van der Waals surface area contributed by atoms with Gasteiger partial charge in [-0.15, -0.1) is 0 Å². The Kier molecular flexibility index (Phi) is 2.70. The van der Waals surface area contributed by atoms with Crippen molar-refractivity contribution in [2.75, 3.05) is 0 Å². The molecule has 2 aromatic rings. The van der Waals surface area contributed by atoms with Crippen LogP contribution in [-0.4, -0.2) is 4.98 Å². The quantitative estimate of drug-likeness (QED) is 0.628. The molecule has 2 rings (SSSR count). The Balaban J connectivity index is 2.71. The van der Waals surface area contributed by atoms with Crippen molar-refractivity contribution in [2.45, 2.75) is 6.18 Å². The predicted molar refractivity (Wildman–Crippen MR) is 59.4 cm³/mol. The van der Waals surface area contributed by atoms with Crippen molar-refractivity contribution in [1.29, 1.82) is 0 Å². The highest BCUT2D eigenvalue weighted by atomic mass is 127. The van der Waals surface area contributed by atoms with Gasteiger partial charge in [0, 0.05) is 4.47 Å². The maximum Gasteiger partial charge on any atom is 0.468 e. The fourth-order valence-corrected chi connectivity index (χ4v) is 2.68. The number of hydrogen-bond acceptors (Lipinski definition) is 2. The molecule has 0 saturated heterocycles. The largest absolute Gasteiger partial charge is 0.468 e. The monoisotopic (exact) mass is 391 g/mol. The lowest BCUT2D eigenvalue weighted by Gasteiger charge is -1.97. The third kappa shape index (κ3) is 2.12. The lowest BCUT2D eigenvalue weighted by molar-refractivity contribution is -0.156. The molecule has 0 aliphatic heterocycles. The van der Waals surface area contributed by atoms with E-state index < -0.39 is 12.1 Å². The number of aromatic nitrogens is 1. The molecular formula is C8H2BrF3INO. The molecule has 0 atom stereocenters. The van der Waals surface area contributed by atoms with Crippen molar-refractivity contribution in [3.63, 3.8) is 0 Å². The maximum atomic E-state index is 12.3. The number of alkyl halides is 3. The Morgan fingerprint density at radius 2 is 2.00 bits per heavy atom. The van der Waals surface area contributed by atoms with Gasteiger partial charge < -0.3 is 4.42 Å². The van der Waals surface area contributed by atoms with Crippen molar-refractivity contribution in [3.05, 3.63) is 26.1 Å². The maximum absolute atomic E-state index is 12.3. The summed E-state index contributed by atoms with van der Waals surface area (Å²) in [6.45, 7) is 0. The van der Waals surface area contributed by atoms with E-state index in [0.717, 1.165) is 0 Å². The van der Waals surface area contributed by atoms with Crippen molar-refractivity contribution in [1.82, 2.24) is 4.98 Å². The number of hydrogen-bond donors (Lipinski definition) is 0. The van der Waals surface area contributed by atoms with Crippen LogP contribution in [0, 0.1) is 3.57 Å².